The molecule has 0 saturated carbocycles. The topological polar surface area (TPSA) is 199 Å². The van der Waals surface area contributed by atoms with Gasteiger partial charge in [-0.05, 0) is 0 Å². The molecule has 3 aromatic carbocycles. The van der Waals surface area contributed by atoms with Crippen molar-refractivity contribution in [3.05, 3.63) is 103 Å². The van der Waals surface area contributed by atoms with Crippen molar-refractivity contribution in [2.45, 2.75) is 0 Å². The van der Waals surface area contributed by atoms with Crippen molar-refractivity contribution in [3.63, 3.8) is 0 Å². The van der Waals surface area contributed by atoms with Crippen LogP contribution in [0.3, 0.4) is 0 Å². The number of nitro benzene ring substituents is 3. The fourth-order valence-electron chi connectivity index (χ4n) is 1.70. The van der Waals surface area contributed by atoms with Crippen LogP contribution in [0, 0.1) is 30.3 Å². The van der Waals surface area contributed by atoms with E-state index in [2.05, 4.69) is 0 Å². The third-order valence-electron chi connectivity index (χ3n) is 3.14. The van der Waals surface area contributed by atoms with Crippen molar-refractivity contribution in [1.29, 1.82) is 0 Å². The molecule has 0 aromatic heterocycles. The molecule has 0 unspecified atom stereocenters. The summed E-state index contributed by atoms with van der Waals surface area (Å²) in [5.74, 6) is -0.651. The van der Waals surface area contributed by atoms with Crippen LogP contribution < -0.4 is 15.3 Å². The first-order valence-electron chi connectivity index (χ1n) is 7.84. The van der Waals surface area contributed by atoms with E-state index in [-0.39, 0.29) is 51.7 Å². The van der Waals surface area contributed by atoms with Crippen molar-refractivity contribution in [2.24, 2.45) is 0 Å². The van der Waals surface area contributed by atoms with E-state index >= 15 is 0 Å². The molecule has 0 saturated heterocycles. The minimum absolute atomic E-state index is 0. The maximum atomic E-state index is 10.4. The molecule has 0 fully saturated rings. The fraction of sp³-hybridized carbons (Fsp3) is 0. The number of rotatable bonds is 3. The molecule has 1 radical (unpaired) electrons. The van der Waals surface area contributed by atoms with Gasteiger partial charge in [0.1, 0.15) is 0 Å². The predicted molar refractivity (Wildman–Crippen MR) is 97.6 cm³/mol. The summed E-state index contributed by atoms with van der Waals surface area (Å²) >= 11 is 0. The van der Waals surface area contributed by atoms with Gasteiger partial charge in [0.2, 0.25) is 0 Å². The first-order valence-corrected chi connectivity index (χ1v) is 7.84. The molecule has 0 N–H and O–H groups in total. The first kappa shape index (κ1) is 26.8. The van der Waals surface area contributed by atoms with E-state index in [4.69, 9.17) is 0 Å². The van der Waals surface area contributed by atoms with Crippen LogP contribution in [-0.2, 0) is 17.4 Å². The zero-order chi connectivity index (χ0) is 22.7. The third-order valence-corrected chi connectivity index (χ3v) is 3.14. The van der Waals surface area contributed by atoms with Gasteiger partial charge in [-0.15, -0.1) is 17.2 Å². The third kappa shape index (κ3) is 10.2. The van der Waals surface area contributed by atoms with Crippen molar-refractivity contribution in [3.8, 4) is 17.2 Å². The largest absolute Gasteiger partial charge is 3.00 e. The van der Waals surface area contributed by atoms with Gasteiger partial charge in [-0.3, -0.25) is 30.3 Å². The smallest absolute Gasteiger partial charge is 0.872 e. The summed E-state index contributed by atoms with van der Waals surface area (Å²) in [4.78, 5) is 28.4. The van der Waals surface area contributed by atoms with Gasteiger partial charge in [0, 0.05) is 36.4 Å². The maximum absolute atomic E-state index is 10.4. The van der Waals surface area contributed by atoms with Crippen LogP contribution in [0.15, 0.2) is 72.8 Å². The van der Waals surface area contributed by atoms with Gasteiger partial charge >= 0.3 is 17.4 Å². The van der Waals surface area contributed by atoms with Gasteiger partial charge in [-0.25, -0.2) is 0 Å². The molecule has 0 bridgehead atoms. The van der Waals surface area contributed by atoms with Crippen LogP contribution in [0.25, 0.3) is 0 Å². The van der Waals surface area contributed by atoms with Gasteiger partial charge in [-0.2, -0.15) is 0 Å². The summed E-state index contributed by atoms with van der Waals surface area (Å²) < 4.78 is 0. The number of non-ortho nitro benzene ring substituents is 3. The minimum atomic E-state index is -0.542. The molecule has 0 aliphatic carbocycles. The summed E-state index contributed by atoms with van der Waals surface area (Å²) in [5, 5.41) is 61.3. The van der Waals surface area contributed by atoms with Gasteiger partial charge in [0.25, 0.3) is 17.1 Å². The van der Waals surface area contributed by atoms with E-state index in [9.17, 15) is 45.7 Å². The molecule has 13 heteroatoms. The normalized spacial score (nSPS) is 8.90. The number of nitrogens with zero attached hydrogens (tertiary/aromatic N) is 3. The maximum Gasteiger partial charge on any atom is 3.00 e. The van der Waals surface area contributed by atoms with E-state index < -0.39 is 14.8 Å². The standard InChI is InChI=1S/3C6H5NO3.Cr/c3*8-6-3-1-5(2-4-6)7(9)10;/h3*1-4,8H;/q;;;+3/p-3. The van der Waals surface area contributed by atoms with Crippen LogP contribution in [0.5, 0.6) is 17.2 Å². The number of nitro groups is 3. The average molecular weight is 466 g/mol. The first-order chi connectivity index (χ1) is 14.1. The summed E-state index contributed by atoms with van der Waals surface area (Å²) in [6, 6.07) is 14.1. The molecule has 0 spiro atoms. The summed E-state index contributed by atoms with van der Waals surface area (Å²) in [6.45, 7) is 0. The molecular weight excluding hydrogens is 454 g/mol. The number of hydrogen-bond donors (Lipinski definition) is 0. The molecule has 159 valence electrons. The Hall–Kier alpha value is -4.21. The van der Waals surface area contributed by atoms with E-state index in [0.29, 0.717) is 0 Å². The molecule has 12 nitrogen and oxygen atoms in total. The second-order valence-electron chi connectivity index (χ2n) is 5.25. The Morgan fingerprint density at radius 2 is 0.581 bits per heavy atom. The Bertz CT molecular complexity index is 863. The van der Waals surface area contributed by atoms with Crippen molar-refractivity contribution >= 4 is 17.1 Å². The molecular formula is C18H12CrN3O9. The van der Waals surface area contributed by atoms with Crippen LogP contribution in [0.2, 0.25) is 0 Å². The Morgan fingerprint density at radius 3 is 0.710 bits per heavy atom. The molecule has 0 heterocycles. The van der Waals surface area contributed by atoms with E-state index in [1.807, 2.05) is 0 Å². The van der Waals surface area contributed by atoms with Crippen molar-refractivity contribution < 1.29 is 47.5 Å². The van der Waals surface area contributed by atoms with E-state index in [1.54, 1.807) is 0 Å². The average Bonchev–Trinajstić information content (AvgIpc) is 2.70. The van der Waals surface area contributed by atoms with Gasteiger partial charge in [-0.1, -0.05) is 36.4 Å². The van der Waals surface area contributed by atoms with E-state index in [0.717, 1.165) is 36.4 Å². The number of hydrogen-bond acceptors (Lipinski definition) is 9. The zero-order valence-corrected chi connectivity index (χ0v) is 16.6. The summed E-state index contributed by atoms with van der Waals surface area (Å²) in [7, 11) is 0. The SMILES string of the molecule is O=[N+]([O-])c1ccc([O-])cc1.O=[N+]([O-])c1ccc([O-])cc1.O=[N+]([O-])c1ccc([O-])cc1.[Cr+3]. The fourth-order valence-corrected chi connectivity index (χ4v) is 1.70. The van der Waals surface area contributed by atoms with Crippen LogP contribution in [-0.4, -0.2) is 14.8 Å². The van der Waals surface area contributed by atoms with Crippen LogP contribution >= 0.6 is 0 Å². The number of benzene rings is 3. The zero-order valence-electron chi connectivity index (χ0n) is 15.4. The van der Waals surface area contributed by atoms with Crippen LogP contribution in [0.4, 0.5) is 17.1 Å². The Balaban J connectivity index is 0.000000429. The van der Waals surface area contributed by atoms with Gasteiger partial charge in [0.05, 0.1) is 14.8 Å². The van der Waals surface area contributed by atoms with Crippen molar-refractivity contribution in [1.82, 2.24) is 0 Å². The molecule has 0 amide bonds. The predicted octanol–water partition coefficient (Wildman–Crippen LogP) is 2.00. The van der Waals surface area contributed by atoms with Gasteiger partial charge in [0.15, 0.2) is 0 Å². The Kier molecular flexibility index (Phi) is 11.3. The molecule has 0 aliphatic heterocycles. The van der Waals surface area contributed by atoms with Crippen molar-refractivity contribution in [2.75, 3.05) is 0 Å². The molecule has 3 rings (SSSR count). The van der Waals surface area contributed by atoms with Gasteiger partial charge < -0.3 is 15.3 Å². The Morgan fingerprint density at radius 1 is 0.419 bits per heavy atom. The molecule has 3 aromatic rings. The monoisotopic (exact) mass is 466 g/mol. The molecule has 0 aliphatic rings. The van der Waals surface area contributed by atoms with Crippen LogP contribution in [0.1, 0.15) is 0 Å². The summed E-state index contributed by atoms with van der Waals surface area (Å²) in [6.07, 6.45) is 0. The second-order valence-corrected chi connectivity index (χ2v) is 5.25. The molecule has 0 atom stereocenters. The second kappa shape index (κ2) is 13.1. The Labute approximate surface area is 185 Å². The van der Waals surface area contributed by atoms with E-state index in [1.165, 1.54) is 36.4 Å². The quantitative estimate of drug-likeness (QED) is 0.409. The summed E-state index contributed by atoms with van der Waals surface area (Å²) in [5.41, 5.74) is -0.168. The minimum Gasteiger partial charge on any atom is -0.872 e. The molecule has 31 heavy (non-hydrogen) atoms.